The van der Waals surface area contributed by atoms with Gasteiger partial charge < -0.3 is 39.8 Å². The van der Waals surface area contributed by atoms with E-state index in [0.717, 1.165) is 6.07 Å². The van der Waals surface area contributed by atoms with Crippen molar-refractivity contribution in [1.29, 1.82) is 0 Å². The second kappa shape index (κ2) is 21.6. The van der Waals surface area contributed by atoms with E-state index in [1.54, 1.807) is 18.9 Å². The second-order valence-corrected chi connectivity index (χ2v) is 15.7. The zero-order valence-corrected chi connectivity index (χ0v) is 35.1. The van der Waals surface area contributed by atoms with Gasteiger partial charge >= 0.3 is 0 Å². The molecule has 55 heavy (non-hydrogen) atoms. The summed E-state index contributed by atoms with van der Waals surface area (Å²) in [4.78, 5) is 72.7. The molecule has 4 amide bonds. The zero-order valence-electron chi connectivity index (χ0n) is 35.1. The van der Waals surface area contributed by atoms with E-state index in [1.807, 2.05) is 60.5 Å². The number of Topliss-reactive ketones (excluding diaryl/α,β-unsaturated/α-hetero) is 1. The summed E-state index contributed by atoms with van der Waals surface area (Å²) in [6.45, 7) is 12.8. The van der Waals surface area contributed by atoms with E-state index in [9.17, 15) is 33.5 Å². The van der Waals surface area contributed by atoms with Gasteiger partial charge in [0, 0.05) is 33.4 Å². The molecule has 15 heteroatoms. The maximum Gasteiger partial charge on any atom is 0.245 e. The van der Waals surface area contributed by atoms with Gasteiger partial charge in [0.25, 0.3) is 0 Å². The molecule has 1 saturated heterocycles. The molecule has 1 aliphatic heterocycles. The standard InChI is InChI=1S/C40H66FN5O9/c1-14-24(6)36(45(10)40(52)34(22(2)3)43-39(51)35(23(4)5)44(8)9)32(54-12)19-33(49)46-21-27(47)18-29(46)37(55-13)25(7)38(50)42-20-30(48)26-15-16-31(53-11)28(41)17-26/h15-17,22-25,27,29,32,34-37,47H,14,18-21H2,1-13H3,(H,42,50)(H,43,51)/t24-,25+,27-,29-,32+,34-,35-,36?,37+/m0/s1. The van der Waals surface area contributed by atoms with Gasteiger partial charge in [0.1, 0.15) is 6.04 Å². The summed E-state index contributed by atoms with van der Waals surface area (Å²) in [6.07, 6.45) is -1.79. The average Bonchev–Trinajstić information content (AvgIpc) is 3.52. The summed E-state index contributed by atoms with van der Waals surface area (Å²) in [5.74, 6) is -3.81. The van der Waals surface area contributed by atoms with Crippen LogP contribution in [0.2, 0.25) is 0 Å². The number of nitrogens with one attached hydrogen (secondary N) is 2. The molecular formula is C40H66FN5O9. The zero-order chi connectivity index (χ0) is 41.9. The fourth-order valence-electron chi connectivity index (χ4n) is 7.68. The predicted molar refractivity (Wildman–Crippen MR) is 207 cm³/mol. The Morgan fingerprint density at radius 2 is 1.60 bits per heavy atom. The van der Waals surface area contributed by atoms with Gasteiger partial charge in [-0.25, -0.2) is 4.39 Å². The molecule has 14 nitrogen and oxygen atoms in total. The van der Waals surface area contributed by atoms with Gasteiger partial charge in [-0.2, -0.15) is 0 Å². The van der Waals surface area contributed by atoms with Crippen molar-refractivity contribution in [3.8, 4) is 5.75 Å². The smallest absolute Gasteiger partial charge is 0.245 e. The van der Waals surface area contributed by atoms with E-state index in [2.05, 4.69) is 10.6 Å². The van der Waals surface area contributed by atoms with Crippen LogP contribution >= 0.6 is 0 Å². The number of carbonyl (C=O) groups is 5. The number of halogens is 1. The number of aliphatic hydroxyl groups is 1. The number of hydrogen-bond acceptors (Lipinski definition) is 10. The predicted octanol–water partition coefficient (Wildman–Crippen LogP) is 2.75. The first-order valence-corrected chi connectivity index (χ1v) is 19.2. The molecular weight excluding hydrogens is 713 g/mol. The molecule has 1 aromatic rings. The number of benzene rings is 1. The summed E-state index contributed by atoms with van der Waals surface area (Å²) in [7, 11) is 9.54. The highest BCUT2D eigenvalue weighted by Gasteiger charge is 2.45. The molecule has 0 saturated carbocycles. The van der Waals surface area contributed by atoms with Gasteiger partial charge in [-0.05, 0) is 56.5 Å². The molecule has 1 aromatic carbocycles. The van der Waals surface area contributed by atoms with Crippen LogP contribution in [0.15, 0.2) is 18.2 Å². The average molecular weight is 780 g/mol. The lowest BCUT2D eigenvalue weighted by Gasteiger charge is -2.41. The molecule has 9 atom stereocenters. The first-order valence-electron chi connectivity index (χ1n) is 19.2. The van der Waals surface area contributed by atoms with Crippen molar-refractivity contribution >= 4 is 29.4 Å². The SMILES string of the molecule is CC[C@H](C)C([C@@H](CC(=O)N1C[C@@H](O)C[C@H]1[C@H](OC)[C@@H](C)C(=O)NCC(=O)c1ccc(OC)c(F)c1)OC)N(C)C(=O)[C@@H](NC(=O)[C@H](C(C)C)N(C)C)C(C)C. The van der Waals surface area contributed by atoms with Crippen molar-refractivity contribution in [2.75, 3.05) is 55.6 Å². The van der Waals surface area contributed by atoms with Crippen LogP contribution in [0, 0.1) is 29.5 Å². The van der Waals surface area contributed by atoms with E-state index in [1.165, 1.54) is 38.4 Å². The number of β-amino-alcohol motifs (C(OH)–C–C–N with tert-alkyl or cyclic N) is 1. The van der Waals surface area contributed by atoms with Gasteiger partial charge in [0.2, 0.25) is 23.6 Å². The van der Waals surface area contributed by atoms with Crippen LogP contribution in [0.1, 0.15) is 78.1 Å². The molecule has 1 aliphatic rings. The Kier molecular flexibility index (Phi) is 18.6. The first-order chi connectivity index (χ1) is 25.7. The number of methoxy groups -OCH3 is 3. The lowest BCUT2D eigenvalue weighted by atomic mass is 9.89. The Bertz CT molecular complexity index is 1450. The quantitative estimate of drug-likeness (QED) is 0.158. The number of nitrogens with zero attached hydrogens (tertiary/aromatic N) is 3. The highest BCUT2D eigenvalue weighted by molar-refractivity contribution is 5.99. The van der Waals surface area contributed by atoms with Gasteiger partial charge in [0.05, 0.1) is 62.4 Å². The van der Waals surface area contributed by atoms with Crippen molar-refractivity contribution in [3.63, 3.8) is 0 Å². The minimum Gasteiger partial charge on any atom is -0.494 e. The van der Waals surface area contributed by atoms with Gasteiger partial charge in [-0.15, -0.1) is 0 Å². The largest absolute Gasteiger partial charge is 0.494 e. The number of likely N-dealkylation sites (tertiary alicyclic amines) is 1. The number of likely N-dealkylation sites (N-methyl/N-ethyl adjacent to an activating group) is 2. The maximum atomic E-state index is 14.2. The number of aliphatic hydroxyl groups excluding tert-OH is 1. The van der Waals surface area contributed by atoms with Crippen LogP contribution < -0.4 is 15.4 Å². The van der Waals surface area contributed by atoms with Gasteiger partial charge in [0.15, 0.2) is 17.3 Å². The second-order valence-electron chi connectivity index (χ2n) is 15.7. The summed E-state index contributed by atoms with van der Waals surface area (Å²) < 4.78 is 30.8. The molecule has 2 rings (SSSR count). The summed E-state index contributed by atoms with van der Waals surface area (Å²) in [5.41, 5.74) is 0.0644. The number of hydrogen-bond donors (Lipinski definition) is 3. The molecule has 0 aromatic heterocycles. The van der Waals surface area contributed by atoms with Gasteiger partial charge in [-0.1, -0.05) is 54.9 Å². The van der Waals surface area contributed by atoms with Crippen molar-refractivity contribution in [2.24, 2.45) is 23.7 Å². The monoisotopic (exact) mass is 779 g/mol. The molecule has 0 radical (unpaired) electrons. The van der Waals surface area contributed by atoms with Crippen LogP contribution in [0.25, 0.3) is 0 Å². The Balaban J connectivity index is 2.27. The number of ketones is 1. The van der Waals surface area contributed by atoms with Crippen molar-refractivity contribution in [3.05, 3.63) is 29.6 Å². The number of carbonyl (C=O) groups excluding carboxylic acids is 5. The summed E-state index contributed by atoms with van der Waals surface area (Å²) in [6, 6.07) is 1.28. The lowest BCUT2D eigenvalue weighted by molar-refractivity contribution is -0.148. The Labute approximate surface area is 326 Å². The maximum absolute atomic E-state index is 14.2. The third kappa shape index (κ3) is 12.2. The van der Waals surface area contributed by atoms with Crippen LogP contribution in [0.5, 0.6) is 5.75 Å². The van der Waals surface area contributed by atoms with Crippen LogP contribution in [0.4, 0.5) is 4.39 Å². The molecule has 312 valence electrons. The number of rotatable bonds is 21. The van der Waals surface area contributed by atoms with E-state index in [4.69, 9.17) is 14.2 Å². The highest BCUT2D eigenvalue weighted by atomic mass is 19.1. The molecule has 0 spiro atoms. The number of amides is 4. The Hall–Kier alpha value is -3.66. The molecule has 0 bridgehead atoms. The third-order valence-corrected chi connectivity index (χ3v) is 10.9. The molecule has 1 unspecified atom stereocenters. The molecule has 3 N–H and O–H groups in total. The lowest BCUT2D eigenvalue weighted by Crippen LogP contribution is -2.59. The normalized spacial score (nSPS) is 19.7. The van der Waals surface area contributed by atoms with Crippen molar-refractivity contribution < 1.29 is 47.7 Å². The van der Waals surface area contributed by atoms with E-state index >= 15 is 0 Å². The molecule has 1 fully saturated rings. The first kappa shape index (κ1) is 47.5. The Morgan fingerprint density at radius 1 is 0.964 bits per heavy atom. The summed E-state index contributed by atoms with van der Waals surface area (Å²) in [5, 5.41) is 16.4. The minimum atomic E-state index is -0.878. The summed E-state index contributed by atoms with van der Waals surface area (Å²) >= 11 is 0. The Morgan fingerprint density at radius 3 is 2.09 bits per heavy atom. The van der Waals surface area contributed by atoms with Crippen LogP contribution in [0.3, 0.4) is 0 Å². The van der Waals surface area contributed by atoms with Gasteiger partial charge in [-0.3, -0.25) is 28.9 Å². The number of ether oxygens (including phenoxy) is 3. The van der Waals surface area contributed by atoms with Crippen molar-refractivity contribution in [2.45, 2.75) is 110 Å². The fraction of sp³-hybridized carbons (Fsp3) is 0.725. The highest BCUT2D eigenvalue weighted by Crippen LogP contribution is 2.30. The van der Waals surface area contributed by atoms with E-state index < -0.39 is 72.4 Å². The minimum absolute atomic E-state index is 0.00275. The third-order valence-electron chi connectivity index (χ3n) is 10.9. The van der Waals surface area contributed by atoms with Crippen molar-refractivity contribution in [1.82, 2.24) is 25.3 Å². The molecule has 1 heterocycles. The van der Waals surface area contributed by atoms with E-state index in [-0.39, 0.29) is 66.2 Å². The fourth-order valence-corrected chi connectivity index (χ4v) is 7.68. The van der Waals surface area contributed by atoms with E-state index in [0.29, 0.717) is 6.42 Å². The topological polar surface area (TPSA) is 167 Å². The molecule has 0 aliphatic carbocycles. The van der Waals surface area contributed by atoms with Crippen LogP contribution in [-0.2, 0) is 28.7 Å². The van der Waals surface area contributed by atoms with Crippen LogP contribution in [-0.4, -0.2) is 147 Å².